The zero-order chi connectivity index (χ0) is 11.0. The van der Waals surface area contributed by atoms with Gasteiger partial charge in [-0.25, -0.2) is 9.67 Å². The average molecular weight is 287 g/mol. The zero-order valence-corrected chi connectivity index (χ0v) is 10.5. The molecule has 7 heteroatoms. The van der Waals surface area contributed by atoms with Crippen molar-refractivity contribution in [1.82, 2.24) is 20.0 Å². The van der Waals surface area contributed by atoms with Crippen molar-refractivity contribution in [3.8, 4) is 0 Å². The van der Waals surface area contributed by atoms with Crippen molar-refractivity contribution < 1.29 is 4.79 Å². The summed E-state index contributed by atoms with van der Waals surface area (Å²) in [6, 6.07) is 0. The lowest BCUT2D eigenvalue weighted by Gasteiger charge is -1.98. The Kier molecular flexibility index (Phi) is 2.66. The molecule has 0 bridgehead atoms. The van der Waals surface area contributed by atoms with Crippen LogP contribution in [0.1, 0.15) is 21.1 Å². The largest absolute Gasteiger partial charge is 0.286 e. The number of nitrogens with zero attached hydrogens (tertiary/aromatic N) is 4. The maximum atomic E-state index is 12.1. The molecule has 2 heterocycles. The van der Waals surface area contributed by atoms with Gasteiger partial charge in [0.2, 0.25) is 5.78 Å². The molecule has 78 valence electrons. The zero-order valence-electron chi connectivity index (χ0n) is 8.06. The van der Waals surface area contributed by atoms with Gasteiger partial charge in [-0.05, 0) is 22.9 Å². The minimum absolute atomic E-state index is 0.102. The van der Waals surface area contributed by atoms with Gasteiger partial charge >= 0.3 is 0 Å². The maximum Gasteiger partial charge on any atom is 0.225 e. The fourth-order valence-corrected chi connectivity index (χ4v) is 2.45. The molecule has 0 aliphatic heterocycles. The van der Waals surface area contributed by atoms with Gasteiger partial charge < -0.3 is 0 Å². The van der Waals surface area contributed by atoms with Crippen LogP contribution in [0.3, 0.4) is 0 Å². The number of halogens is 1. The van der Waals surface area contributed by atoms with Crippen LogP contribution in [0.5, 0.6) is 0 Å². The summed E-state index contributed by atoms with van der Waals surface area (Å²) in [7, 11) is 1.68. The predicted molar refractivity (Wildman–Crippen MR) is 59.0 cm³/mol. The summed E-state index contributed by atoms with van der Waals surface area (Å²) in [6.45, 7) is 1.81. The molecule has 0 saturated heterocycles. The monoisotopic (exact) mass is 286 g/mol. The molecule has 0 amide bonds. The summed E-state index contributed by atoms with van der Waals surface area (Å²) in [5.41, 5.74) is 2.83. The van der Waals surface area contributed by atoms with Gasteiger partial charge in [0.05, 0.1) is 16.1 Å². The van der Waals surface area contributed by atoms with Crippen LogP contribution in [-0.4, -0.2) is 25.8 Å². The minimum atomic E-state index is -0.102. The van der Waals surface area contributed by atoms with E-state index in [9.17, 15) is 4.79 Å². The molecule has 0 fully saturated rings. The first-order valence-electron chi connectivity index (χ1n) is 4.11. The van der Waals surface area contributed by atoms with Crippen molar-refractivity contribution in [2.45, 2.75) is 6.92 Å². The van der Waals surface area contributed by atoms with Crippen molar-refractivity contribution >= 4 is 33.0 Å². The Labute approximate surface area is 98.3 Å². The number of ketones is 1. The summed E-state index contributed by atoms with van der Waals surface area (Å²) in [4.78, 5) is 16.7. The van der Waals surface area contributed by atoms with Crippen LogP contribution in [0.4, 0.5) is 0 Å². The molecule has 0 spiro atoms. The van der Waals surface area contributed by atoms with E-state index in [1.807, 2.05) is 0 Å². The van der Waals surface area contributed by atoms with E-state index in [1.54, 1.807) is 19.5 Å². The maximum absolute atomic E-state index is 12.1. The topological polar surface area (TPSA) is 60.7 Å². The van der Waals surface area contributed by atoms with Crippen molar-refractivity contribution in [2.75, 3.05) is 0 Å². The number of carbonyl (C=O) groups excluding carboxylic acids is 1. The first kappa shape index (κ1) is 10.4. The Balaban J connectivity index is 2.50. The van der Waals surface area contributed by atoms with Gasteiger partial charge in [-0.15, -0.1) is 16.4 Å². The van der Waals surface area contributed by atoms with Gasteiger partial charge in [0.25, 0.3) is 0 Å². The van der Waals surface area contributed by atoms with Gasteiger partial charge in [-0.3, -0.25) is 4.79 Å². The number of rotatable bonds is 2. The van der Waals surface area contributed by atoms with E-state index in [-0.39, 0.29) is 5.78 Å². The molecular formula is C8H7BrN4OS. The Hall–Kier alpha value is -1.08. The molecule has 0 aliphatic rings. The summed E-state index contributed by atoms with van der Waals surface area (Å²) in [6.07, 6.45) is 0. The average Bonchev–Trinajstić information content (AvgIpc) is 2.73. The highest BCUT2D eigenvalue weighted by atomic mass is 79.9. The van der Waals surface area contributed by atoms with Crippen molar-refractivity contribution in [3.05, 3.63) is 26.4 Å². The molecule has 0 atom stereocenters. The second-order valence-electron chi connectivity index (χ2n) is 2.95. The highest BCUT2D eigenvalue weighted by Crippen LogP contribution is 2.21. The van der Waals surface area contributed by atoms with Crippen LogP contribution >= 0.6 is 27.3 Å². The summed E-state index contributed by atoms with van der Waals surface area (Å²) < 4.78 is 1.91. The Morgan fingerprint density at radius 3 is 2.80 bits per heavy atom. The summed E-state index contributed by atoms with van der Waals surface area (Å²) in [5, 5.41) is 7.53. The van der Waals surface area contributed by atoms with E-state index in [0.29, 0.717) is 15.2 Å². The van der Waals surface area contributed by atoms with Gasteiger partial charge in [0.1, 0.15) is 5.69 Å². The normalized spacial score (nSPS) is 10.6. The molecule has 0 aliphatic carbocycles. The van der Waals surface area contributed by atoms with Crippen LogP contribution in [0.25, 0.3) is 0 Å². The predicted octanol–water partition coefficient (Wildman–Crippen LogP) is 1.57. The van der Waals surface area contributed by atoms with E-state index >= 15 is 0 Å². The lowest BCUT2D eigenvalue weighted by Crippen LogP contribution is -2.08. The second kappa shape index (κ2) is 3.82. The smallest absolute Gasteiger partial charge is 0.225 e. The molecule has 0 saturated carbocycles. The SMILES string of the molecule is Cc1ncsc1C(=O)c1c(Br)nnn1C. The number of hydrogen-bond donors (Lipinski definition) is 0. The Morgan fingerprint density at radius 2 is 2.33 bits per heavy atom. The molecule has 2 rings (SSSR count). The third kappa shape index (κ3) is 1.72. The number of hydrogen-bond acceptors (Lipinski definition) is 5. The Bertz CT molecular complexity index is 499. The molecule has 2 aromatic heterocycles. The van der Waals surface area contributed by atoms with E-state index in [0.717, 1.165) is 5.69 Å². The molecule has 2 aromatic rings. The lowest BCUT2D eigenvalue weighted by atomic mass is 10.2. The third-order valence-corrected chi connectivity index (χ3v) is 3.41. The van der Waals surface area contributed by atoms with E-state index < -0.39 is 0 Å². The quantitative estimate of drug-likeness (QED) is 0.787. The third-order valence-electron chi connectivity index (χ3n) is 1.95. The van der Waals surface area contributed by atoms with Gasteiger partial charge in [0.15, 0.2) is 4.60 Å². The molecule has 5 nitrogen and oxygen atoms in total. The van der Waals surface area contributed by atoms with Crippen LogP contribution < -0.4 is 0 Å². The highest BCUT2D eigenvalue weighted by molar-refractivity contribution is 9.10. The molecule has 15 heavy (non-hydrogen) atoms. The van der Waals surface area contributed by atoms with Crippen molar-refractivity contribution in [2.24, 2.45) is 7.05 Å². The fraction of sp³-hybridized carbons (Fsp3) is 0.250. The fourth-order valence-electron chi connectivity index (χ4n) is 1.20. The standard InChI is InChI=1S/C8H7BrN4OS/c1-4-7(15-3-10-4)6(14)5-8(9)11-12-13(5)2/h3H,1-2H3. The minimum Gasteiger partial charge on any atom is -0.286 e. The van der Waals surface area contributed by atoms with Crippen molar-refractivity contribution in [1.29, 1.82) is 0 Å². The molecule has 0 aromatic carbocycles. The van der Waals surface area contributed by atoms with Crippen molar-refractivity contribution in [3.63, 3.8) is 0 Å². The summed E-state index contributed by atoms with van der Waals surface area (Å²) >= 11 is 4.52. The number of carbonyl (C=O) groups is 1. The number of thiazole rings is 1. The van der Waals surface area contributed by atoms with Gasteiger partial charge in [-0.2, -0.15) is 0 Å². The summed E-state index contributed by atoms with van der Waals surface area (Å²) in [5.74, 6) is -0.102. The van der Waals surface area contributed by atoms with Gasteiger partial charge in [0, 0.05) is 7.05 Å². The molecular weight excluding hydrogens is 280 g/mol. The molecule has 0 radical (unpaired) electrons. The first-order chi connectivity index (χ1) is 7.11. The Morgan fingerprint density at radius 1 is 1.60 bits per heavy atom. The van der Waals surface area contributed by atoms with Crippen LogP contribution in [0.2, 0.25) is 0 Å². The van der Waals surface area contributed by atoms with Crippen LogP contribution in [0.15, 0.2) is 10.1 Å². The van der Waals surface area contributed by atoms with E-state index in [2.05, 4.69) is 31.2 Å². The number of aromatic nitrogens is 4. The van der Waals surface area contributed by atoms with Crippen LogP contribution in [-0.2, 0) is 7.05 Å². The molecule has 0 unspecified atom stereocenters. The van der Waals surface area contributed by atoms with E-state index in [1.165, 1.54) is 16.0 Å². The van der Waals surface area contributed by atoms with E-state index in [4.69, 9.17) is 0 Å². The molecule has 0 N–H and O–H groups in total. The lowest BCUT2D eigenvalue weighted by molar-refractivity contribution is 0.103. The first-order valence-corrected chi connectivity index (χ1v) is 5.78. The number of aryl methyl sites for hydroxylation is 2. The van der Waals surface area contributed by atoms with Gasteiger partial charge in [-0.1, -0.05) is 5.21 Å². The van der Waals surface area contributed by atoms with Crippen LogP contribution in [0, 0.1) is 6.92 Å². The highest BCUT2D eigenvalue weighted by Gasteiger charge is 2.21. The second-order valence-corrected chi connectivity index (χ2v) is 4.55.